The molecular formula is C35H36F3N8O11P. The molecule has 1 unspecified atom stereocenters. The number of fused-ring (bicyclic) bond motifs is 1. The number of carbonyl (C=O) groups is 4. The van der Waals surface area contributed by atoms with Gasteiger partial charge >= 0.3 is 31.5 Å². The number of phosphoric acid groups is 1. The number of benzene rings is 2. The Morgan fingerprint density at radius 3 is 2.43 bits per heavy atom. The molecule has 0 saturated carbocycles. The Morgan fingerprint density at radius 1 is 1.03 bits per heavy atom. The smallest absolute Gasteiger partial charge is 0.481 e. The van der Waals surface area contributed by atoms with E-state index < -0.39 is 61.3 Å². The van der Waals surface area contributed by atoms with E-state index in [9.17, 15) is 46.8 Å². The van der Waals surface area contributed by atoms with E-state index in [1.54, 1.807) is 13.0 Å². The summed E-state index contributed by atoms with van der Waals surface area (Å²) >= 11 is 0. The van der Waals surface area contributed by atoms with Crippen LogP contribution in [-0.2, 0) is 40.4 Å². The van der Waals surface area contributed by atoms with E-state index in [1.807, 2.05) is 0 Å². The van der Waals surface area contributed by atoms with Gasteiger partial charge in [-0.05, 0) is 68.7 Å². The number of H-pyrrole nitrogens is 1. The third-order valence-electron chi connectivity index (χ3n) is 7.75. The number of anilines is 3. The molecule has 58 heavy (non-hydrogen) atoms. The van der Waals surface area contributed by atoms with Crippen LogP contribution in [0.25, 0.3) is 11.2 Å². The van der Waals surface area contributed by atoms with E-state index in [0.717, 1.165) is 12.1 Å². The summed E-state index contributed by atoms with van der Waals surface area (Å²) < 4.78 is 67.8. The highest BCUT2D eigenvalue weighted by Gasteiger charge is 2.32. The summed E-state index contributed by atoms with van der Waals surface area (Å²) in [5.41, 5.74) is -1.93. The second kappa shape index (κ2) is 20.0. The number of unbranched alkanes of at least 4 members (excludes halogenated alkanes) is 1. The van der Waals surface area contributed by atoms with Crippen molar-refractivity contribution in [3.63, 3.8) is 0 Å². The molecule has 2 amide bonds. The SMILES string of the molecule is C#COP(=O)(OCC)OCCCCNC(=O)c1ccc(C(F)(F)F)cc1Nc1nc(=O)c2nc(CNc3ccc(C(=O)N[C@@H](CCC(=O)O)C(=O)O)cc3)cnc2[nH]1. The summed E-state index contributed by atoms with van der Waals surface area (Å²) in [6, 6.07) is 6.80. The lowest BCUT2D eigenvalue weighted by atomic mass is 10.1. The van der Waals surface area contributed by atoms with Gasteiger partial charge in [0.05, 0.1) is 48.5 Å². The van der Waals surface area contributed by atoms with Gasteiger partial charge in [0.15, 0.2) is 11.2 Å². The molecule has 0 radical (unpaired) electrons. The fourth-order valence-corrected chi connectivity index (χ4v) is 5.94. The van der Waals surface area contributed by atoms with Gasteiger partial charge in [-0.2, -0.15) is 18.2 Å². The number of hydrogen-bond donors (Lipinski definition) is 7. The molecule has 2 atom stereocenters. The first-order valence-corrected chi connectivity index (χ1v) is 18.6. The molecule has 4 rings (SSSR count). The lowest BCUT2D eigenvalue weighted by Crippen LogP contribution is -2.41. The highest BCUT2D eigenvalue weighted by atomic mass is 31.2. The Kier molecular flexibility index (Phi) is 15.3. The summed E-state index contributed by atoms with van der Waals surface area (Å²) in [4.78, 5) is 75.7. The van der Waals surface area contributed by atoms with Crippen molar-refractivity contribution in [2.24, 2.45) is 0 Å². The van der Waals surface area contributed by atoms with Crippen LogP contribution in [0.1, 0.15) is 64.6 Å². The van der Waals surface area contributed by atoms with Gasteiger partial charge in [0, 0.05) is 24.2 Å². The molecule has 4 aromatic rings. The summed E-state index contributed by atoms with van der Waals surface area (Å²) in [6.45, 7) is 1.56. The minimum atomic E-state index is -4.78. The molecule has 308 valence electrons. The molecule has 0 aliphatic heterocycles. The molecule has 19 nitrogen and oxygen atoms in total. The minimum absolute atomic E-state index is 0.0143. The van der Waals surface area contributed by atoms with Crippen molar-refractivity contribution in [1.82, 2.24) is 30.6 Å². The van der Waals surface area contributed by atoms with Crippen LogP contribution in [0.15, 0.2) is 53.5 Å². The monoisotopic (exact) mass is 832 g/mol. The number of aromatic nitrogens is 4. The number of nitrogens with one attached hydrogen (secondary N) is 5. The number of carboxylic acid groups (broad SMARTS) is 2. The van der Waals surface area contributed by atoms with Crippen LogP contribution in [0.3, 0.4) is 0 Å². The number of aromatic amines is 1. The number of aliphatic carboxylic acids is 2. The summed E-state index contributed by atoms with van der Waals surface area (Å²) in [7, 11) is -3.94. The normalized spacial score (nSPS) is 12.7. The van der Waals surface area contributed by atoms with Gasteiger partial charge in [0.2, 0.25) is 5.95 Å². The van der Waals surface area contributed by atoms with Crippen molar-refractivity contribution < 1.29 is 60.7 Å². The third-order valence-corrected chi connectivity index (χ3v) is 9.15. The van der Waals surface area contributed by atoms with Gasteiger partial charge in [0.25, 0.3) is 11.8 Å². The number of halogens is 3. The predicted octanol–water partition coefficient (Wildman–Crippen LogP) is 4.41. The van der Waals surface area contributed by atoms with Crippen molar-refractivity contribution in [2.75, 3.05) is 30.4 Å². The summed E-state index contributed by atoms with van der Waals surface area (Å²) in [6.07, 6.45) is 3.10. The number of alkyl halides is 3. The lowest BCUT2D eigenvalue weighted by molar-refractivity contribution is -0.141. The second-order valence-electron chi connectivity index (χ2n) is 11.9. The van der Waals surface area contributed by atoms with Crippen LogP contribution in [0.4, 0.5) is 30.5 Å². The van der Waals surface area contributed by atoms with Gasteiger partial charge < -0.3 is 41.0 Å². The number of hydrogen-bond acceptors (Lipinski definition) is 14. The largest absolute Gasteiger partial charge is 0.538 e. The number of terminal acetylenes is 1. The van der Waals surface area contributed by atoms with Gasteiger partial charge in [-0.25, -0.2) is 19.3 Å². The van der Waals surface area contributed by atoms with E-state index in [-0.39, 0.29) is 78.8 Å². The van der Waals surface area contributed by atoms with Crippen LogP contribution >= 0.6 is 7.82 Å². The standard InChI is InChI=1S/C35H36F3N8O11P/c1-3-55-58(54,56-4-2)57-16-6-5-15-39-31(50)24-12-9-21(35(36,37)38)17-26(24)44-34-45-29-28(32(51)46-34)42-23(19-41-29)18-40-22-10-7-20(8-11-22)30(49)43-25(33(52)53)13-14-27(47)48/h1,7-12,17,19,25,40H,4-6,13-16,18H2,2H3,(H,39,50)(H,43,49)(H,47,48)(H,52,53)(H2,41,44,45,46,51)/t25-,58?/m0/s1. The molecule has 0 bridgehead atoms. The van der Waals surface area contributed by atoms with Crippen molar-refractivity contribution in [3.8, 4) is 12.5 Å². The Hall–Kier alpha value is -6.56. The lowest BCUT2D eigenvalue weighted by Gasteiger charge is -2.15. The third kappa shape index (κ3) is 12.7. The van der Waals surface area contributed by atoms with Crippen molar-refractivity contribution >= 4 is 60.1 Å². The first kappa shape index (κ1) is 44.2. The molecule has 7 N–H and O–H groups in total. The zero-order valence-electron chi connectivity index (χ0n) is 30.4. The van der Waals surface area contributed by atoms with Crippen LogP contribution in [0.5, 0.6) is 0 Å². The Labute approximate surface area is 326 Å². The Bertz CT molecular complexity index is 2280. The number of nitrogens with zero attached hydrogens (tertiary/aromatic N) is 3. The zero-order chi connectivity index (χ0) is 42.5. The average molecular weight is 833 g/mol. The van der Waals surface area contributed by atoms with Crippen LogP contribution in [-0.4, -0.2) is 79.7 Å². The highest BCUT2D eigenvalue weighted by Crippen LogP contribution is 2.49. The molecule has 0 saturated heterocycles. The van der Waals surface area contributed by atoms with Crippen LogP contribution in [0.2, 0.25) is 0 Å². The van der Waals surface area contributed by atoms with Crippen LogP contribution in [0, 0.1) is 12.5 Å². The maximum Gasteiger partial charge on any atom is 0.538 e. The fraction of sp³-hybridized carbons (Fsp3) is 0.314. The number of phosphoric ester groups is 1. The highest BCUT2D eigenvalue weighted by molar-refractivity contribution is 7.48. The second-order valence-corrected chi connectivity index (χ2v) is 13.5. The molecule has 2 heterocycles. The molecule has 2 aromatic heterocycles. The summed E-state index contributed by atoms with van der Waals surface area (Å²) in [5, 5.41) is 28.5. The number of rotatable bonds is 21. The van der Waals surface area contributed by atoms with Gasteiger partial charge in [-0.15, -0.1) is 0 Å². The number of amides is 2. The van der Waals surface area contributed by atoms with Crippen LogP contribution < -0.4 is 26.8 Å². The number of carboxylic acids is 2. The van der Waals surface area contributed by atoms with Gasteiger partial charge in [0.1, 0.15) is 12.1 Å². The fourth-order valence-electron chi connectivity index (χ4n) is 4.97. The first-order valence-electron chi connectivity index (χ1n) is 17.2. The van der Waals surface area contributed by atoms with Gasteiger partial charge in [-0.3, -0.25) is 28.2 Å². The predicted molar refractivity (Wildman–Crippen MR) is 199 cm³/mol. The topological polar surface area (TPSA) is 273 Å². The molecular weight excluding hydrogens is 796 g/mol. The van der Waals surface area contributed by atoms with E-state index in [0.29, 0.717) is 18.2 Å². The van der Waals surface area contributed by atoms with Crippen molar-refractivity contribution in [2.45, 2.75) is 51.4 Å². The van der Waals surface area contributed by atoms with E-state index in [1.165, 1.54) is 30.5 Å². The van der Waals surface area contributed by atoms with E-state index in [4.69, 9.17) is 20.6 Å². The molecule has 0 fully saturated rings. The maximum atomic E-state index is 13.6. The number of carbonyl (C=O) groups excluding carboxylic acids is 2. The Morgan fingerprint density at radius 2 is 1.78 bits per heavy atom. The van der Waals surface area contributed by atoms with Crippen molar-refractivity contribution in [1.29, 1.82) is 0 Å². The molecule has 0 aliphatic rings. The molecule has 23 heteroatoms. The zero-order valence-corrected chi connectivity index (χ0v) is 31.3. The van der Waals surface area contributed by atoms with Crippen molar-refractivity contribution in [3.05, 3.63) is 81.4 Å². The van der Waals surface area contributed by atoms with Gasteiger partial charge in [-0.1, -0.05) is 6.42 Å². The Balaban J connectivity index is 1.41. The molecule has 0 aliphatic carbocycles. The average Bonchev–Trinajstić information content (AvgIpc) is 3.16. The quantitative estimate of drug-likeness (QED) is 0.0348. The minimum Gasteiger partial charge on any atom is -0.481 e. The molecule has 0 spiro atoms. The van der Waals surface area contributed by atoms with E-state index in [2.05, 4.69) is 45.7 Å². The first-order chi connectivity index (χ1) is 27.5. The maximum absolute atomic E-state index is 13.6. The molecule has 2 aromatic carbocycles. The van der Waals surface area contributed by atoms with E-state index >= 15 is 0 Å². The summed E-state index contributed by atoms with van der Waals surface area (Å²) in [5.74, 6) is -4.40.